The molecule has 4 aromatic rings. The molecule has 0 spiro atoms. The minimum Gasteiger partial charge on any atom is -0.326 e. The summed E-state index contributed by atoms with van der Waals surface area (Å²) in [5, 5.41) is 4.55. The molecule has 8 heteroatoms. The van der Waals surface area contributed by atoms with E-state index in [0.29, 0.717) is 22.8 Å². The highest BCUT2D eigenvalue weighted by Crippen LogP contribution is 2.24. The topological polar surface area (TPSA) is 87.7 Å². The second kappa shape index (κ2) is 9.45. The van der Waals surface area contributed by atoms with E-state index in [-0.39, 0.29) is 17.9 Å². The smallest absolute Gasteiger partial charge is 0.254 e. The van der Waals surface area contributed by atoms with Gasteiger partial charge >= 0.3 is 0 Å². The van der Waals surface area contributed by atoms with E-state index in [0.717, 1.165) is 28.2 Å². The highest BCUT2D eigenvalue weighted by molar-refractivity contribution is 7.98. The average Bonchev–Trinajstić information content (AvgIpc) is 3.16. The van der Waals surface area contributed by atoms with E-state index in [1.807, 2.05) is 48.7 Å². The van der Waals surface area contributed by atoms with E-state index >= 15 is 0 Å². The highest BCUT2D eigenvalue weighted by atomic mass is 32.2. The van der Waals surface area contributed by atoms with Gasteiger partial charge in [-0.3, -0.25) is 9.59 Å². The number of anilines is 1. The molecule has 0 saturated heterocycles. The summed E-state index contributed by atoms with van der Waals surface area (Å²) in [6.45, 7) is 1.80. The lowest BCUT2D eigenvalue weighted by Crippen LogP contribution is -2.20. The van der Waals surface area contributed by atoms with Crippen molar-refractivity contribution in [2.24, 2.45) is 0 Å². The first-order chi connectivity index (χ1) is 15.0. The Morgan fingerprint density at radius 3 is 2.61 bits per heavy atom. The Hall–Kier alpha value is -2.97. The lowest BCUT2D eigenvalue weighted by Gasteiger charge is -2.08. The summed E-state index contributed by atoms with van der Waals surface area (Å²) in [7, 11) is 0. The van der Waals surface area contributed by atoms with Gasteiger partial charge in [-0.2, -0.15) is 0 Å². The lowest BCUT2D eigenvalue weighted by atomic mass is 10.1. The van der Waals surface area contributed by atoms with Crippen LogP contribution in [0, 0.1) is 6.92 Å². The summed E-state index contributed by atoms with van der Waals surface area (Å²) < 4.78 is 1.19. The number of hydrogen-bond acceptors (Lipinski definition) is 6. The van der Waals surface area contributed by atoms with E-state index in [1.54, 1.807) is 18.3 Å². The number of rotatable bonds is 7. The Labute approximate surface area is 188 Å². The largest absolute Gasteiger partial charge is 0.326 e. The van der Waals surface area contributed by atoms with Gasteiger partial charge in [-0.05, 0) is 49.4 Å². The minimum atomic E-state index is -0.177. The number of thiazole rings is 1. The van der Waals surface area contributed by atoms with Gasteiger partial charge in [0.1, 0.15) is 0 Å². The number of thioether (sulfide) groups is 1. The quantitative estimate of drug-likeness (QED) is 0.318. The maximum atomic E-state index is 12.4. The van der Waals surface area contributed by atoms with E-state index in [4.69, 9.17) is 0 Å². The second-order valence-electron chi connectivity index (χ2n) is 7.14. The molecule has 4 rings (SSSR count). The molecule has 2 aromatic carbocycles. The van der Waals surface area contributed by atoms with Gasteiger partial charge in [-0.25, -0.2) is 9.97 Å². The number of aromatic nitrogens is 3. The zero-order chi connectivity index (χ0) is 21.8. The molecule has 31 heavy (non-hydrogen) atoms. The zero-order valence-electron chi connectivity index (χ0n) is 17.3. The van der Waals surface area contributed by atoms with Crippen molar-refractivity contribution in [3.05, 3.63) is 80.7 Å². The summed E-state index contributed by atoms with van der Waals surface area (Å²) in [6.07, 6.45) is 3.19. The van der Waals surface area contributed by atoms with Crippen molar-refractivity contribution >= 4 is 44.9 Å². The number of hydrogen-bond donors (Lipinski definition) is 2. The Morgan fingerprint density at radius 1 is 1.13 bits per heavy atom. The predicted molar refractivity (Wildman–Crippen MR) is 127 cm³/mol. The number of para-hydroxylation sites is 1. The molecule has 2 heterocycles. The van der Waals surface area contributed by atoms with Crippen LogP contribution in [0.4, 0.5) is 5.69 Å². The molecular formula is C23H22N4O2S2. The first-order valence-electron chi connectivity index (χ1n) is 9.89. The fraction of sp³-hybridized carbons (Fsp3) is 0.217. The number of amides is 1. The van der Waals surface area contributed by atoms with Crippen LogP contribution in [0.1, 0.15) is 28.2 Å². The van der Waals surface area contributed by atoms with Gasteiger partial charge in [0.15, 0.2) is 5.16 Å². The molecule has 0 radical (unpaired) electrons. The monoisotopic (exact) mass is 450 g/mol. The highest BCUT2D eigenvalue weighted by Gasteiger charge is 2.11. The number of fused-ring (bicyclic) bond motifs is 1. The molecule has 0 aliphatic heterocycles. The van der Waals surface area contributed by atoms with E-state index < -0.39 is 0 Å². The van der Waals surface area contributed by atoms with Gasteiger partial charge in [0, 0.05) is 29.8 Å². The molecule has 0 saturated carbocycles. The Bertz CT molecular complexity index is 1250. The summed E-state index contributed by atoms with van der Waals surface area (Å²) in [5.74, 6) is -0.133. The maximum Gasteiger partial charge on any atom is 0.254 e. The third kappa shape index (κ3) is 5.21. The van der Waals surface area contributed by atoms with Crippen molar-refractivity contribution in [2.75, 3.05) is 11.6 Å². The van der Waals surface area contributed by atoms with Crippen molar-refractivity contribution < 1.29 is 4.79 Å². The number of nitrogens with zero attached hydrogens (tertiary/aromatic N) is 2. The van der Waals surface area contributed by atoms with Gasteiger partial charge in [-0.15, -0.1) is 11.3 Å². The van der Waals surface area contributed by atoms with Crippen LogP contribution in [0.5, 0.6) is 0 Å². The Morgan fingerprint density at radius 2 is 1.90 bits per heavy atom. The molecule has 2 aromatic heterocycles. The predicted octanol–water partition coefficient (Wildman–Crippen LogP) is 4.57. The van der Waals surface area contributed by atoms with E-state index in [1.165, 1.54) is 16.5 Å². The minimum absolute atomic E-state index is 0.133. The van der Waals surface area contributed by atoms with E-state index in [2.05, 4.69) is 26.3 Å². The molecule has 0 bridgehead atoms. The number of aromatic amines is 1. The van der Waals surface area contributed by atoms with Crippen LogP contribution in [0.15, 0.2) is 58.5 Å². The first kappa shape index (κ1) is 21.3. The molecule has 0 atom stereocenters. The molecule has 0 aliphatic rings. The summed E-state index contributed by atoms with van der Waals surface area (Å²) >= 11 is 3.09. The third-order valence-electron chi connectivity index (χ3n) is 4.93. The number of H-pyrrole nitrogens is 1. The SMILES string of the molecule is CSc1nc(C)c(CCC(=O)Nc2ccc(Cc3nc4ccccc4s3)cc2)c(=O)[nH]1. The van der Waals surface area contributed by atoms with Crippen molar-refractivity contribution in [1.82, 2.24) is 15.0 Å². The van der Waals surface area contributed by atoms with Crippen molar-refractivity contribution in [2.45, 2.75) is 31.3 Å². The van der Waals surface area contributed by atoms with Gasteiger partial charge < -0.3 is 10.3 Å². The van der Waals surface area contributed by atoms with Crippen LogP contribution in [-0.4, -0.2) is 27.1 Å². The molecule has 0 fully saturated rings. The summed E-state index contributed by atoms with van der Waals surface area (Å²) in [4.78, 5) is 36.3. The number of nitrogens with one attached hydrogen (secondary N) is 2. The van der Waals surface area contributed by atoms with Crippen LogP contribution in [0.25, 0.3) is 10.2 Å². The van der Waals surface area contributed by atoms with Crippen molar-refractivity contribution in [3.8, 4) is 0 Å². The summed E-state index contributed by atoms with van der Waals surface area (Å²) in [5.41, 5.74) is 3.94. The van der Waals surface area contributed by atoms with Gasteiger partial charge in [0.2, 0.25) is 5.91 Å². The van der Waals surface area contributed by atoms with Crippen molar-refractivity contribution in [1.29, 1.82) is 0 Å². The Balaban J connectivity index is 1.34. The fourth-order valence-electron chi connectivity index (χ4n) is 3.31. The number of carbonyl (C=O) groups is 1. The number of aryl methyl sites for hydroxylation is 1. The van der Waals surface area contributed by atoms with Crippen LogP contribution in [0.3, 0.4) is 0 Å². The Kier molecular flexibility index (Phi) is 6.48. The second-order valence-corrected chi connectivity index (χ2v) is 9.05. The maximum absolute atomic E-state index is 12.4. The van der Waals surface area contributed by atoms with E-state index in [9.17, 15) is 9.59 Å². The molecule has 0 aliphatic carbocycles. The molecule has 2 N–H and O–H groups in total. The number of benzene rings is 2. The van der Waals surface area contributed by atoms with Gasteiger partial charge in [0.05, 0.1) is 15.2 Å². The van der Waals surface area contributed by atoms with Crippen LogP contribution < -0.4 is 10.9 Å². The van der Waals surface area contributed by atoms with Gasteiger partial charge in [-0.1, -0.05) is 36.0 Å². The zero-order valence-corrected chi connectivity index (χ0v) is 18.9. The summed E-state index contributed by atoms with van der Waals surface area (Å²) in [6, 6.07) is 15.9. The lowest BCUT2D eigenvalue weighted by molar-refractivity contribution is -0.116. The fourth-order valence-corrected chi connectivity index (χ4v) is 4.74. The van der Waals surface area contributed by atoms with Crippen molar-refractivity contribution in [3.63, 3.8) is 0 Å². The standard InChI is InChI=1S/C23H22N4O2S2/c1-14-17(22(29)27-23(24-14)30-2)11-12-20(28)25-16-9-7-15(8-10-16)13-21-26-18-5-3-4-6-19(18)31-21/h3-10H,11-13H2,1-2H3,(H,25,28)(H,24,27,29). The van der Waals surface area contributed by atoms with Crippen LogP contribution in [-0.2, 0) is 17.6 Å². The van der Waals surface area contributed by atoms with Crippen LogP contribution in [0.2, 0.25) is 0 Å². The molecule has 0 unspecified atom stereocenters. The third-order valence-corrected chi connectivity index (χ3v) is 6.54. The first-order valence-corrected chi connectivity index (χ1v) is 11.9. The number of carbonyl (C=O) groups excluding carboxylic acids is 1. The van der Waals surface area contributed by atoms with Crippen LogP contribution >= 0.6 is 23.1 Å². The van der Waals surface area contributed by atoms with Gasteiger partial charge in [0.25, 0.3) is 5.56 Å². The molecule has 6 nitrogen and oxygen atoms in total. The molecular weight excluding hydrogens is 428 g/mol. The molecule has 158 valence electrons. The average molecular weight is 451 g/mol. The normalized spacial score (nSPS) is 11.0. The molecule has 1 amide bonds.